The number of carbonyl (C=O) groups excluding carboxylic acids is 3. The summed E-state index contributed by atoms with van der Waals surface area (Å²) in [6, 6.07) is 21.4. The maximum Gasteiger partial charge on any atom is 0.493 e. The van der Waals surface area contributed by atoms with Crippen molar-refractivity contribution in [3.63, 3.8) is 0 Å². The molecule has 1 saturated heterocycles. The van der Waals surface area contributed by atoms with Gasteiger partial charge in [-0.25, -0.2) is 24.4 Å². The van der Waals surface area contributed by atoms with Gasteiger partial charge in [-0.15, -0.1) is 0 Å². The predicted octanol–water partition coefficient (Wildman–Crippen LogP) is 3.01. The van der Waals surface area contributed by atoms with Crippen LogP contribution in [0.3, 0.4) is 0 Å². The number of hydroxylamine groups is 1. The van der Waals surface area contributed by atoms with Crippen LogP contribution in [-0.2, 0) is 44.1 Å². The fourth-order valence-electron chi connectivity index (χ4n) is 7.39. The van der Waals surface area contributed by atoms with E-state index in [1.165, 1.54) is 12.3 Å². The number of phosphoric ester groups is 1. The lowest BCUT2D eigenvalue weighted by atomic mass is 9.98. The van der Waals surface area contributed by atoms with Crippen molar-refractivity contribution in [1.82, 2.24) is 25.7 Å². The normalized spacial score (nSPS) is 19.8. The monoisotopic (exact) mass is 954 g/mol. The number of aromatic nitrogens is 2. The van der Waals surface area contributed by atoms with Crippen molar-refractivity contribution in [3.8, 4) is 11.1 Å². The van der Waals surface area contributed by atoms with E-state index >= 15 is 0 Å². The van der Waals surface area contributed by atoms with E-state index in [-0.39, 0.29) is 56.7 Å². The maximum atomic E-state index is 13.9. The molecule has 7 atom stereocenters. The molecule has 0 saturated carbocycles. The van der Waals surface area contributed by atoms with Crippen LogP contribution in [-0.4, -0.2) is 98.7 Å². The van der Waals surface area contributed by atoms with Crippen molar-refractivity contribution in [3.05, 3.63) is 117 Å². The van der Waals surface area contributed by atoms with E-state index in [1.54, 1.807) is 24.3 Å². The van der Waals surface area contributed by atoms with Gasteiger partial charge in [0, 0.05) is 23.7 Å². The van der Waals surface area contributed by atoms with Crippen molar-refractivity contribution in [2.45, 2.75) is 82.3 Å². The van der Waals surface area contributed by atoms with E-state index in [2.05, 4.69) is 20.6 Å². The largest absolute Gasteiger partial charge is 0.493 e. The molecule has 354 valence electrons. The standard InChI is InChI=1S/C43H52ClN8O13P/c1-24(2)20-33(40(56)61-21-25-13-15-26(44)16-14-25)48-38(55)32(49-43(58)62-22-31-29-10-5-3-8-27(29)28-9-4-6-11-30(28)31)12-7-18-47-41(46)51-65-66(59,60)63-23-34-36(53)37(54)39(64-34)52-19-17-35(45)50-42(52)57/h3-6,8-11,13-17,19,24,31-34,36-37,39,53-54H,7,12,18,20-23H2,1-2H3,(H,48,55)(H,49,58)(H,59,60)(H2,45,50,57)(H3,46,47,51)/t32?,33?,34-,36-,37-,39-/m1/s1. The number of aliphatic imine (C=N–C) groups is 1. The highest BCUT2D eigenvalue weighted by Gasteiger charge is 2.45. The molecule has 1 fully saturated rings. The first-order chi connectivity index (χ1) is 31.5. The summed E-state index contributed by atoms with van der Waals surface area (Å²) in [6.45, 7) is 2.81. The highest BCUT2D eigenvalue weighted by atomic mass is 35.5. The number of fused-ring (bicyclic) bond motifs is 3. The number of nitrogens with one attached hydrogen (secondary N) is 3. The second-order valence-corrected chi connectivity index (χ2v) is 17.7. The third-order valence-electron chi connectivity index (χ3n) is 10.6. The summed E-state index contributed by atoms with van der Waals surface area (Å²) in [5.41, 5.74) is 17.2. The Balaban J connectivity index is 1.05. The number of hydrogen-bond acceptors (Lipinski definition) is 15. The molecular weight excluding hydrogens is 903 g/mol. The number of aliphatic hydroxyl groups is 2. The Morgan fingerprint density at radius 1 is 0.939 bits per heavy atom. The molecule has 0 bridgehead atoms. The Kier molecular flexibility index (Phi) is 16.9. The van der Waals surface area contributed by atoms with Crippen LogP contribution in [0.5, 0.6) is 0 Å². The second-order valence-electron chi connectivity index (χ2n) is 15.9. The van der Waals surface area contributed by atoms with Gasteiger partial charge in [-0.05, 0) is 71.2 Å². The number of anilines is 1. The van der Waals surface area contributed by atoms with Crippen molar-refractivity contribution in [1.29, 1.82) is 0 Å². The number of carbonyl (C=O) groups is 3. The molecule has 4 aromatic rings. The van der Waals surface area contributed by atoms with Crippen LogP contribution in [0, 0.1) is 5.92 Å². The molecule has 2 aliphatic rings. The summed E-state index contributed by atoms with van der Waals surface area (Å²) in [7, 11) is -4.94. The molecule has 6 rings (SSSR count). The third kappa shape index (κ3) is 13.1. The van der Waals surface area contributed by atoms with Gasteiger partial charge in [0.2, 0.25) is 11.9 Å². The Hall–Kier alpha value is -5.90. The minimum atomic E-state index is -4.94. The van der Waals surface area contributed by atoms with E-state index in [9.17, 15) is 38.8 Å². The number of amides is 2. The Morgan fingerprint density at radius 2 is 1.61 bits per heavy atom. The summed E-state index contributed by atoms with van der Waals surface area (Å²) in [5, 5.41) is 26.8. The quantitative estimate of drug-likeness (QED) is 0.0158. The molecule has 0 spiro atoms. The van der Waals surface area contributed by atoms with E-state index in [0.29, 0.717) is 10.6 Å². The van der Waals surface area contributed by atoms with Gasteiger partial charge in [-0.2, -0.15) is 9.61 Å². The van der Waals surface area contributed by atoms with E-state index in [0.717, 1.165) is 26.8 Å². The fourth-order valence-corrected chi connectivity index (χ4v) is 8.11. The van der Waals surface area contributed by atoms with Gasteiger partial charge >= 0.3 is 25.6 Å². The highest BCUT2D eigenvalue weighted by molar-refractivity contribution is 7.47. The first kappa shape index (κ1) is 49.5. The van der Waals surface area contributed by atoms with E-state index < -0.39 is 80.7 Å². The van der Waals surface area contributed by atoms with Gasteiger partial charge in [-0.1, -0.05) is 86.1 Å². The summed E-state index contributed by atoms with van der Waals surface area (Å²) in [5.74, 6) is -2.20. The lowest BCUT2D eigenvalue weighted by Crippen LogP contribution is -2.52. The number of esters is 1. The maximum absolute atomic E-state index is 13.9. The lowest BCUT2D eigenvalue weighted by Gasteiger charge is -2.24. The van der Waals surface area contributed by atoms with Crippen molar-refractivity contribution >= 4 is 49.2 Å². The molecule has 1 aliphatic carbocycles. The van der Waals surface area contributed by atoms with Crippen molar-refractivity contribution in [2.75, 3.05) is 25.5 Å². The number of nitrogens with two attached hydrogens (primary N) is 2. The Bertz CT molecular complexity index is 2430. The van der Waals surface area contributed by atoms with Crippen LogP contribution in [0.1, 0.15) is 61.9 Å². The number of nitrogen functional groups attached to an aromatic ring is 1. The highest BCUT2D eigenvalue weighted by Crippen LogP contribution is 2.45. The minimum absolute atomic E-state index is 0.0223. The minimum Gasteiger partial charge on any atom is -0.459 e. The van der Waals surface area contributed by atoms with E-state index in [4.69, 9.17) is 46.4 Å². The Morgan fingerprint density at radius 3 is 2.26 bits per heavy atom. The van der Waals surface area contributed by atoms with Gasteiger partial charge in [0.05, 0.1) is 6.61 Å². The molecule has 23 heteroatoms. The van der Waals surface area contributed by atoms with Gasteiger partial charge in [0.15, 0.2) is 6.23 Å². The van der Waals surface area contributed by atoms with Crippen LogP contribution in [0.25, 0.3) is 11.1 Å². The number of benzene rings is 3. The first-order valence-corrected chi connectivity index (χ1v) is 22.8. The van der Waals surface area contributed by atoms with Crippen LogP contribution < -0.4 is 33.3 Å². The molecule has 21 nitrogen and oxygen atoms in total. The number of halogens is 1. The van der Waals surface area contributed by atoms with Crippen LogP contribution in [0.2, 0.25) is 5.02 Å². The number of hydrogen-bond donors (Lipinski definition) is 8. The fraction of sp³-hybridized carbons (Fsp3) is 0.395. The van der Waals surface area contributed by atoms with Gasteiger partial charge in [0.1, 0.15) is 49.4 Å². The van der Waals surface area contributed by atoms with Gasteiger partial charge in [-0.3, -0.25) is 18.9 Å². The molecule has 66 heavy (non-hydrogen) atoms. The molecular formula is C43H52ClN8O13P. The van der Waals surface area contributed by atoms with Crippen molar-refractivity contribution in [2.24, 2.45) is 16.6 Å². The molecule has 3 aromatic carbocycles. The molecule has 2 heterocycles. The second kappa shape index (κ2) is 22.5. The number of rotatable bonds is 20. The number of aliphatic hydroxyl groups excluding tert-OH is 2. The number of ether oxygens (including phenoxy) is 3. The number of nitrogens with zero attached hydrogens (tertiary/aromatic N) is 3. The molecule has 1 aromatic heterocycles. The average molecular weight is 955 g/mol. The van der Waals surface area contributed by atoms with Crippen LogP contribution >= 0.6 is 19.4 Å². The number of alkyl carbamates (subject to hydrolysis) is 1. The summed E-state index contributed by atoms with van der Waals surface area (Å²) in [6.07, 6.45) is -5.42. The Labute approximate surface area is 384 Å². The van der Waals surface area contributed by atoms with Crippen LogP contribution in [0.15, 0.2) is 94.8 Å². The average Bonchev–Trinajstić information content (AvgIpc) is 3.76. The summed E-state index contributed by atoms with van der Waals surface area (Å²) < 4.78 is 39.9. The number of guanidine groups is 1. The SMILES string of the molecule is CC(C)CC(NC(=O)C(CCCN=C(N)NOP(=O)(O)OC[C@H]1O[C@@H](n2ccc(N)nc2=O)[C@H](O)[C@@H]1O)NC(=O)OCC1c2ccccc2-c2ccccc21)C(=O)OCc1ccc(Cl)cc1. The zero-order chi connectivity index (χ0) is 47.5. The molecule has 0 radical (unpaired) electrons. The molecule has 1 aliphatic heterocycles. The molecule has 2 amide bonds. The lowest BCUT2D eigenvalue weighted by molar-refractivity contribution is -0.149. The van der Waals surface area contributed by atoms with Crippen LogP contribution in [0.4, 0.5) is 10.6 Å². The zero-order valence-corrected chi connectivity index (χ0v) is 37.5. The molecule has 3 unspecified atom stereocenters. The van der Waals surface area contributed by atoms with Gasteiger partial charge in [0.25, 0.3) is 0 Å². The smallest absolute Gasteiger partial charge is 0.459 e. The van der Waals surface area contributed by atoms with Crippen molar-refractivity contribution < 1.29 is 57.4 Å². The number of phosphoric acid groups is 1. The van der Waals surface area contributed by atoms with Gasteiger partial charge < -0.3 is 51.4 Å². The molecule has 10 N–H and O–H groups in total. The predicted molar refractivity (Wildman–Crippen MR) is 239 cm³/mol. The zero-order valence-electron chi connectivity index (χ0n) is 35.9. The topological polar surface area (TPSA) is 310 Å². The summed E-state index contributed by atoms with van der Waals surface area (Å²) >= 11 is 5.98. The van der Waals surface area contributed by atoms with E-state index in [1.807, 2.05) is 67.9 Å². The third-order valence-corrected chi connectivity index (χ3v) is 11.7. The summed E-state index contributed by atoms with van der Waals surface area (Å²) in [4.78, 5) is 70.7. The first-order valence-electron chi connectivity index (χ1n) is 20.9.